The minimum absolute atomic E-state index is 0.00957. The molecule has 1 fully saturated rings. The monoisotopic (exact) mass is 340 g/mol. The Morgan fingerprint density at radius 2 is 2.00 bits per heavy atom. The topological polar surface area (TPSA) is 62.6 Å². The van der Waals surface area contributed by atoms with Crippen LogP contribution in [-0.2, 0) is 11.3 Å². The first kappa shape index (κ1) is 17.3. The van der Waals surface area contributed by atoms with Crippen LogP contribution < -0.4 is 5.32 Å². The van der Waals surface area contributed by atoms with Gasteiger partial charge in [-0.25, -0.2) is 0 Å². The molecule has 1 aromatic heterocycles. The highest BCUT2D eigenvalue weighted by molar-refractivity contribution is 5.95. The molecule has 25 heavy (non-hydrogen) atoms. The second-order valence-corrected chi connectivity index (χ2v) is 6.76. The first-order valence-corrected chi connectivity index (χ1v) is 8.70. The highest BCUT2D eigenvalue weighted by Gasteiger charge is 2.29. The van der Waals surface area contributed by atoms with Crippen molar-refractivity contribution < 1.29 is 14.0 Å². The first-order chi connectivity index (χ1) is 12.0. The van der Waals surface area contributed by atoms with Crippen LogP contribution in [0.4, 0.5) is 0 Å². The largest absolute Gasteiger partial charge is 0.467 e. The van der Waals surface area contributed by atoms with Crippen LogP contribution in [0.3, 0.4) is 0 Å². The number of piperidine rings is 1. The van der Waals surface area contributed by atoms with E-state index in [1.807, 2.05) is 32.0 Å². The van der Waals surface area contributed by atoms with Crippen molar-refractivity contribution in [3.05, 3.63) is 59.0 Å². The second kappa shape index (κ2) is 7.55. The molecule has 5 nitrogen and oxygen atoms in total. The summed E-state index contributed by atoms with van der Waals surface area (Å²) < 4.78 is 5.23. The number of carbonyl (C=O) groups excluding carboxylic acids is 2. The summed E-state index contributed by atoms with van der Waals surface area (Å²) in [5.74, 6) is 0.551. The highest BCUT2D eigenvalue weighted by Crippen LogP contribution is 2.20. The van der Waals surface area contributed by atoms with Crippen molar-refractivity contribution >= 4 is 11.8 Å². The van der Waals surface area contributed by atoms with E-state index in [9.17, 15) is 9.59 Å². The Hall–Kier alpha value is -2.56. The molecular weight excluding hydrogens is 316 g/mol. The summed E-state index contributed by atoms with van der Waals surface area (Å²) in [7, 11) is 0. The Kier molecular flexibility index (Phi) is 5.22. The van der Waals surface area contributed by atoms with E-state index < -0.39 is 0 Å². The summed E-state index contributed by atoms with van der Waals surface area (Å²) in [5, 5.41) is 2.90. The lowest BCUT2D eigenvalue weighted by atomic mass is 9.96. The lowest BCUT2D eigenvalue weighted by Gasteiger charge is -2.32. The Morgan fingerprint density at radius 3 is 2.68 bits per heavy atom. The maximum atomic E-state index is 12.8. The summed E-state index contributed by atoms with van der Waals surface area (Å²) in [6, 6.07) is 9.51. The number of aryl methyl sites for hydroxylation is 2. The molecule has 1 unspecified atom stereocenters. The molecule has 2 amide bonds. The Balaban J connectivity index is 1.62. The molecule has 0 saturated carbocycles. The number of furan rings is 1. The zero-order valence-electron chi connectivity index (χ0n) is 14.7. The van der Waals surface area contributed by atoms with E-state index in [-0.39, 0.29) is 17.7 Å². The van der Waals surface area contributed by atoms with Gasteiger partial charge in [0, 0.05) is 18.7 Å². The molecule has 0 spiro atoms. The van der Waals surface area contributed by atoms with Crippen LogP contribution in [0.15, 0.2) is 41.0 Å². The Bertz CT molecular complexity index is 732. The van der Waals surface area contributed by atoms with Gasteiger partial charge in [0.25, 0.3) is 5.91 Å². The molecule has 132 valence electrons. The number of amides is 2. The molecule has 3 rings (SSSR count). The van der Waals surface area contributed by atoms with Gasteiger partial charge in [0.2, 0.25) is 5.91 Å². The van der Waals surface area contributed by atoms with Crippen molar-refractivity contribution in [1.29, 1.82) is 0 Å². The van der Waals surface area contributed by atoms with Crippen LogP contribution >= 0.6 is 0 Å². The molecule has 0 bridgehead atoms. The summed E-state index contributed by atoms with van der Waals surface area (Å²) in [6.07, 6.45) is 3.24. The number of hydrogen-bond donors (Lipinski definition) is 1. The molecule has 1 aromatic carbocycles. The zero-order valence-corrected chi connectivity index (χ0v) is 14.7. The molecule has 1 aliphatic heterocycles. The van der Waals surface area contributed by atoms with Crippen LogP contribution in [0.25, 0.3) is 0 Å². The molecule has 2 aromatic rings. The minimum atomic E-state index is -0.168. The van der Waals surface area contributed by atoms with Gasteiger partial charge in [0.15, 0.2) is 0 Å². The first-order valence-electron chi connectivity index (χ1n) is 8.70. The average molecular weight is 340 g/mol. The predicted octanol–water partition coefficient (Wildman–Crippen LogP) is 3.07. The van der Waals surface area contributed by atoms with Crippen LogP contribution in [-0.4, -0.2) is 29.8 Å². The standard InChI is InChI=1S/C20H24N2O3/c1-14-9-15(2)11-17(10-14)20(24)22-7-3-5-16(13-22)19(23)21-12-18-6-4-8-25-18/h4,6,8-11,16H,3,5,7,12-13H2,1-2H3,(H,21,23). The number of benzene rings is 1. The van der Waals surface area contributed by atoms with Crippen LogP contribution in [0, 0.1) is 19.8 Å². The maximum absolute atomic E-state index is 12.8. The van der Waals surface area contributed by atoms with Crippen LogP contribution in [0.5, 0.6) is 0 Å². The van der Waals surface area contributed by atoms with E-state index >= 15 is 0 Å². The normalized spacial score (nSPS) is 17.4. The van der Waals surface area contributed by atoms with E-state index in [0.717, 1.165) is 29.7 Å². The number of hydrogen-bond acceptors (Lipinski definition) is 3. The van der Waals surface area contributed by atoms with E-state index in [1.54, 1.807) is 17.2 Å². The maximum Gasteiger partial charge on any atom is 0.253 e. The van der Waals surface area contributed by atoms with Crippen molar-refractivity contribution in [2.24, 2.45) is 5.92 Å². The third-order valence-corrected chi connectivity index (χ3v) is 4.56. The van der Waals surface area contributed by atoms with Gasteiger partial charge >= 0.3 is 0 Å². The van der Waals surface area contributed by atoms with E-state index in [4.69, 9.17) is 4.42 Å². The fourth-order valence-electron chi connectivity index (χ4n) is 3.39. The third kappa shape index (κ3) is 4.29. The number of carbonyl (C=O) groups is 2. The summed E-state index contributed by atoms with van der Waals surface area (Å²) in [5.41, 5.74) is 2.86. The number of likely N-dealkylation sites (tertiary alicyclic amines) is 1. The fraction of sp³-hybridized carbons (Fsp3) is 0.400. The van der Waals surface area contributed by atoms with Gasteiger partial charge in [-0.3, -0.25) is 9.59 Å². The summed E-state index contributed by atoms with van der Waals surface area (Å²) >= 11 is 0. The van der Waals surface area contributed by atoms with E-state index in [0.29, 0.717) is 25.2 Å². The number of nitrogens with one attached hydrogen (secondary N) is 1. The number of rotatable bonds is 4. The van der Waals surface area contributed by atoms with Gasteiger partial charge in [0.05, 0.1) is 18.7 Å². The molecule has 0 aliphatic carbocycles. The van der Waals surface area contributed by atoms with Gasteiger partial charge in [-0.2, -0.15) is 0 Å². The van der Waals surface area contributed by atoms with E-state index in [2.05, 4.69) is 11.4 Å². The van der Waals surface area contributed by atoms with Crippen molar-refractivity contribution in [2.45, 2.75) is 33.2 Å². The van der Waals surface area contributed by atoms with Crippen molar-refractivity contribution in [3.63, 3.8) is 0 Å². The van der Waals surface area contributed by atoms with Gasteiger partial charge in [-0.1, -0.05) is 17.2 Å². The van der Waals surface area contributed by atoms with Gasteiger partial charge in [-0.15, -0.1) is 0 Å². The Labute approximate surface area is 148 Å². The third-order valence-electron chi connectivity index (χ3n) is 4.56. The molecule has 0 radical (unpaired) electrons. The molecule has 1 atom stereocenters. The zero-order chi connectivity index (χ0) is 17.8. The van der Waals surface area contributed by atoms with Crippen molar-refractivity contribution in [1.82, 2.24) is 10.2 Å². The molecule has 5 heteroatoms. The molecule has 1 aliphatic rings. The average Bonchev–Trinajstić information content (AvgIpc) is 3.12. The lowest BCUT2D eigenvalue weighted by Crippen LogP contribution is -2.45. The second-order valence-electron chi connectivity index (χ2n) is 6.76. The predicted molar refractivity (Wildman–Crippen MR) is 95.1 cm³/mol. The van der Waals surface area contributed by atoms with Gasteiger partial charge in [-0.05, 0) is 51.0 Å². The van der Waals surface area contributed by atoms with Gasteiger partial charge in [0.1, 0.15) is 5.76 Å². The smallest absolute Gasteiger partial charge is 0.253 e. The van der Waals surface area contributed by atoms with Crippen molar-refractivity contribution in [3.8, 4) is 0 Å². The molecule has 2 heterocycles. The fourth-order valence-corrected chi connectivity index (χ4v) is 3.39. The Morgan fingerprint density at radius 1 is 1.24 bits per heavy atom. The molecular formula is C20H24N2O3. The van der Waals surface area contributed by atoms with Gasteiger partial charge < -0.3 is 14.6 Å². The SMILES string of the molecule is Cc1cc(C)cc(C(=O)N2CCCC(C(=O)NCc3ccco3)C2)c1. The summed E-state index contributed by atoms with van der Waals surface area (Å²) in [6.45, 7) is 5.53. The minimum Gasteiger partial charge on any atom is -0.467 e. The molecule has 1 N–H and O–H groups in total. The van der Waals surface area contributed by atoms with E-state index in [1.165, 1.54) is 0 Å². The molecule has 1 saturated heterocycles. The number of nitrogens with zero attached hydrogens (tertiary/aromatic N) is 1. The van der Waals surface area contributed by atoms with Crippen molar-refractivity contribution in [2.75, 3.05) is 13.1 Å². The lowest BCUT2D eigenvalue weighted by molar-refractivity contribution is -0.126. The highest BCUT2D eigenvalue weighted by atomic mass is 16.3. The van der Waals surface area contributed by atoms with Crippen LogP contribution in [0.1, 0.15) is 40.1 Å². The van der Waals surface area contributed by atoms with Crippen LogP contribution in [0.2, 0.25) is 0 Å². The summed E-state index contributed by atoms with van der Waals surface area (Å²) in [4.78, 5) is 27.0. The quantitative estimate of drug-likeness (QED) is 0.930.